The Balaban J connectivity index is 1.76. The van der Waals surface area contributed by atoms with Crippen LogP contribution in [0.4, 0.5) is 10.1 Å². The summed E-state index contributed by atoms with van der Waals surface area (Å²) in [5.41, 5.74) is 3.04. The normalized spacial score (nSPS) is 10.6. The monoisotopic (exact) mass is 415 g/mol. The summed E-state index contributed by atoms with van der Waals surface area (Å²) in [4.78, 5) is 13.7. The van der Waals surface area contributed by atoms with Gasteiger partial charge in [0.1, 0.15) is 11.6 Å². The Morgan fingerprint density at radius 1 is 1.11 bits per heavy atom. The number of halogens is 2. The van der Waals surface area contributed by atoms with Crippen molar-refractivity contribution < 1.29 is 13.9 Å². The molecule has 3 aromatic rings. The zero-order valence-corrected chi connectivity index (χ0v) is 17.0. The second-order valence-corrected chi connectivity index (χ2v) is 7.67. The van der Waals surface area contributed by atoms with Crippen LogP contribution in [0.15, 0.2) is 65.6 Å². The van der Waals surface area contributed by atoms with E-state index in [1.165, 1.54) is 23.8 Å². The van der Waals surface area contributed by atoms with E-state index in [2.05, 4.69) is 29.6 Å². The summed E-state index contributed by atoms with van der Waals surface area (Å²) in [6.07, 6.45) is 0. The van der Waals surface area contributed by atoms with Crippen molar-refractivity contribution in [3.05, 3.63) is 88.2 Å². The van der Waals surface area contributed by atoms with E-state index < -0.39 is 5.82 Å². The van der Waals surface area contributed by atoms with Gasteiger partial charge in [0.25, 0.3) is 5.91 Å². The number of anilines is 1. The van der Waals surface area contributed by atoms with Gasteiger partial charge in [-0.1, -0.05) is 29.3 Å². The fourth-order valence-electron chi connectivity index (χ4n) is 2.61. The minimum atomic E-state index is -0.528. The van der Waals surface area contributed by atoms with E-state index in [0.29, 0.717) is 17.0 Å². The minimum absolute atomic E-state index is 0.0392. The number of amides is 1. The molecule has 0 heterocycles. The highest BCUT2D eigenvalue weighted by Crippen LogP contribution is 2.29. The quantitative estimate of drug-likeness (QED) is 0.477. The first-order chi connectivity index (χ1) is 13.5. The van der Waals surface area contributed by atoms with Gasteiger partial charge < -0.3 is 10.1 Å². The molecule has 0 bridgehead atoms. The molecule has 0 spiro atoms. The number of hydrogen-bond acceptors (Lipinski definition) is 3. The Morgan fingerprint density at radius 2 is 1.86 bits per heavy atom. The van der Waals surface area contributed by atoms with Gasteiger partial charge in [-0.25, -0.2) is 4.39 Å². The molecular formula is C22H19ClFNO2S. The lowest BCUT2D eigenvalue weighted by Crippen LogP contribution is -2.12. The Kier molecular flexibility index (Phi) is 6.60. The summed E-state index contributed by atoms with van der Waals surface area (Å²) in [5, 5.41) is 2.69. The number of aryl methyl sites for hydroxylation is 1. The molecule has 0 atom stereocenters. The number of methoxy groups -OCH3 is 1. The van der Waals surface area contributed by atoms with E-state index in [1.807, 2.05) is 6.92 Å². The maximum absolute atomic E-state index is 13.3. The number of rotatable bonds is 6. The Bertz CT molecular complexity index is 992. The van der Waals surface area contributed by atoms with Crippen LogP contribution in [0.25, 0.3) is 0 Å². The molecule has 0 aliphatic rings. The second kappa shape index (κ2) is 9.13. The van der Waals surface area contributed by atoms with E-state index in [9.17, 15) is 9.18 Å². The van der Waals surface area contributed by atoms with Crippen LogP contribution in [0, 0.1) is 12.7 Å². The highest BCUT2D eigenvalue weighted by atomic mass is 35.5. The van der Waals surface area contributed by atoms with Crippen LogP contribution < -0.4 is 10.1 Å². The summed E-state index contributed by atoms with van der Waals surface area (Å²) < 4.78 is 18.7. The lowest BCUT2D eigenvalue weighted by molar-refractivity contribution is 0.102. The van der Waals surface area contributed by atoms with Crippen LogP contribution in [0.3, 0.4) is 0 Å². The molecule has 0 fully saturated rings. The number of hydrogen-bond donors (Lipinski definition) is 1. The number of ether oxygens (including phenoxy) is 1. The maximum Gasteiger partial charge on any atom is 0.255 e. The molecule has 3 rings (SSSR count). The van der Waals surface area contributed by atoms with Gasteiger partial charge in [-0.05, 0) is 55.5 Å². The average molecular weight is 416 g/mol. The van der Waals surface area contributed by atoms with Crippen molar-refractivity contribution >= 4 is 35.0 Å². The first kappa shape index (κ1) is 20.2. The van der Waals surface area contributed by atoms with E-state index in [0.717, 1.165) is 16.2 Å². The highest BCUT2D eigenvalue weighted by molar-refractivity contribution is 7.98. The average Bonchev–Trinajstić information content (AvgIpc) is 2.70. The van der Waals surface area contributed by atoms with Gasteiger partial charge in [-0.2, -0.15) is 0 Å². The van der Waals surface area contributed by atoms with E-state index >= 15 is 0 Å². The lowest BCUT2D eigenvalue weighted by Gasteiger charge is -2.12. The third kappa shape index (κ3) is 5.06. The van der Waals surface area contributed by atoms with Crippen LogP contribution >= 0.6 is 23.4 Å². The molecule has 0 radical (unpaired) electrons. The van der Waals surface area contributed by atoms with Crippen molar-refractivity contribution in [1.29, 1.82) is 0 Å². The molecule has 3 aromatic carbocycles. The Hall–Kier alpha value is -2.50. The van der Waals surface area contributed by atoms with Gasteiger partial charge in [-0.3, -0.25) is 4.79 Å². The van der Waals surface area contributed by atoms with E-state index in [4.69, 9.17) is 16.3 Å². The number of nitrogens with one attached hydrogen (secondary N) is 1. The minimum Gasteiger partial charge on any atom is -0.496 e. The fourth-order valence-corrected chi connectivity index (χ4v) is 3.66. The number of thioether (sulfide) groups is 1. The van der Waals surface area contributed by atoms with Crippen LogP contribution in [0.2, 0.25) is 5.02 Å². The summed E-state index contributed by atoms with van der Waals surface area (Å²) in [6, 6.07) is 17.6. The highest BCUT2D eigenvalue weighted by Gasteiger charge is 2.12. The van der Waals surface area contributed by atoms with Gasteiger partial charge in [0.05, 0.1) is 12.1 Å². The molecule has 1 N–H and O–H groups in total. The molecule has 0 aromatic heterocycles. The largest absolute Gasteiger partial charge is 0.496 e. The van der Waals surface area contributed by atoms with Crippen LogP contribution in [0.5, 0.6) is 5.75 Å². The summed E-state index contributed by atoms with van der Waals surface area (Å²) >= 11 is 7.44. The third-order valence-electron chi connectivity index (χ3n) is 4.14. The molecule has 0 aliphatic carbocycles. The van der Waals surface area contributed by atoms with Crippen molar-refractivity contribution in [3.8, 4) is 5.75 Å². The predicted octanol–water partition coefficient (Wildman–Crippen LogP) is 6.34. The van der Waals surface area contributed by atoms with Crippen LogP contribution in [-0.2, 0) is 5.75 Å². The summed E-state index contributed by atoms with van der Waals surface area (Å²) in [5.74, 6) is 0.558. The maximum atomic E-state index is 13.3. The third-order valence-corrected chi connectivity index (χ3v) is 5.49. The molecule has 0 saturated heterocycles. The van der Waals surface area contributed by atoms with Gasteiger partial charge in [0.2, 0.25) is 0 Å². The molecule has 0 unspecified atom stereocenters. The summed E-state index contributed by atoms with van der Waals surface area (Å²) in [7, 11) is 1.61. The molecule has 0 aliphatic heterocycles. The zero-order chi connectivity index (χ0) is 20.1. The van der Waals surface area contributed by atoms with Gasteiger partial charge >= 0.3 is 0 Å². The van der Waals surface area contributed by atoms with E-state index in [1.54, 1.807) is 37.1 Å². The Labute approximate surface area is 172 Å². The van der Waals surface area contributed by atoms with Crippen molar-refractivity contribution in [1.82, 2.24) is 0 Å². The van der Waals surface area contributed by atoms with Crippen LogP contribution in [0.1, 0.15) is 21.5 Å². The zero-order valence-electron chi connectivity index (χ0n) is 15.5. The Morgan fingerprint density at radius 3 is 2.54 bits per heavy atom. The van der Waals surface area contributed by atoms with Crippen molar-refractivity contribution in [2.45, 2.75) is 17.6 Å². The number of carbonyl (C=O) groups excluding carboxylic acids is 1. The molecule has 28 heavy (non-hydrogen) atoms. The number of benzene rings is 3. The van der Waals surface area contributed by atoms with E-state index in [-0.39, 0.29) is 10.9 Å². The topological polar surface area (TPSA) is 38.3 Å². The molecule has 144 valence electrons. The molecule has 6 heteroatoms. The molecular weight excluding hydrogens is 397 g/mol. The van der Waals surface area contributed by atoms with Gasteiger partial charge in [0, 0.05) is 27.5 Å². The lowest BCUT2D eigenvalue weighted by atomic mass is 10.1. The van der Waals surface area contributed by atoms with Gasteiger partial charge in [0.15, 0.2) is 0 Å². The number of carbonyl (C=O) groups is 1. The van der Waals surface area contributed by atoms with Gasteiger partial charge in [-0.15, -0.1) is 11.8 Å². The van der Waals surface area contributed by atoms with Crippen LogP contribution in [-0.4, -0.2) is 13.0 Å². The first-order valence-corrected chi connectivity index (χ1v) is 9.95. The molecule has 1 amide bonds. The second-order valence-electron chi connectivity index (χ2n) is 6.21. The molecule has 3 nitrogen and oxygen atoms in total. The van der Waals surface area contributed by atoms with Crippen molar-refractivity contribution in [2.75, 3.05) is 12.4 Å². The predicted molar refractivity (Wildman–Crippen MR) is 113 cm³/mol. The summed E-state index contributed by atoms with van der Waals surface area (Å²) in [6.45, 7) is 2.05. The van der Waals surface area contributed by atoms with Crippen molar-refractivity contribution in [3.63, 3.8) is 0 Å². The SMILES string of the molecule is COc1ccc(C(=O)Nc2ccc(F)c(Cl)c2)cc1CSc1ccc(C)cc1. The molecule has 0 saturated carbocycles. The first-order valence-electron chi connectivity index (χ1n) is 8.59. The smallest absolute Gasteiger partial charge is 0.255 e. The fraction of sp³-hybridized carbons (Fsp3) is 0.136. The van der Waals surface area contributed by atoms with Crippen molar-refractivity contribution in [2.24, 2.45) is 0 Å². The standard InChI is InChI=1S/C22H19ClFNO2S/c1-14-3-7-18(8-4-14)28-13-16-11-15(5-10-21(16)27-2)22(26)25-17-6-9-20(24)19(23)12-17/h3-12H,13H2,1-2H3,(H,25,26).